The van der Waals surface area contributed by atoms with Crippen LogP contribution in [0.3, 0.4) is 0 Å². The Morgan fingerprint density at radius 2 is 1.81 bits per heavy atom. The Balaban J connectivity index is 1.65. The molecule has 7 nitrogen and oxygen atoms in total. The fourth-order valence-electron chi connectivity index (χ4n) is 3.37. The zero-order chi connectivity index (χ0) is 18.7. The number of hydrogen-bond acceptors (Lipinski definition) is 6. The predicted molar refractivity (Wildman–Crippen MR) is 97.4 cm³/mol. The highest BCUT2D eigenvalue weighted by Gasteiger charge is 2.26. The molecule has 0 aliphatic carbocycles. The number of sulfone groups is 1. The Bertz CT molecular complexity index is 755. The molecule has 1 aromatic carbocycles. The Labute approximate surface area is 154 Å². The van der Waals surface area contributed by atoms with Crippen LogP contribution in [0.25, 0.3) is 0 Å². The number of ether oxygens (including phenoxy) is 2. The van der Waals surface area contributed by atoms with Crippen LogP contribution < -0.4 is 14.8 Å². The van der Waals surface area contributed by atoms with Gasteiger partial charge >= 0.3 is 0 Å². The van der Waals surface area contributed by atoms with Gasteiger partial charge in [0.05, 0.1) is 23.9 Å². The first-order valence-electron chi connectivity index (χ1n) is 9.01. The third-order valence-corrected chi connectivity index (χ3v) is 6.29. The van der Waals surface area contributed by atoms with E-state index in [1.807, 2.05) is 13.8 Å². The number of rotatable bonds is 4. The number of amides is 1. The molecular weight excluding hydrogens is 356 g/mol. The Morgan fingerprint density at radius 1 is 1.15 bits per heavy atom. The van der Waals surface area contributed by atoms with E-state index in [0.29, 0.717) is 37.8 Å². The van der Waals surface area contributed by atoms with E-state index in [-0.39, 0.29) is 35.1 Å². The molecule has 8 heteroatoms. The second kappa shape index (κ2) is 7.84. The van der Waals surface area contributed by atoms with Crippen LogP contribution in [0.1, 0.15) is 26.7 Å². The molecule has 0 spiro atoms. The average molecular weight is 382 g/mol. The van der Waals surface area contributed by atoms with Gasteiger partial charge in [-0.15, -0.1) is 0 Å². The topological polar surface area (TPSA) is 84.9 Å². The molecule has 26 heavy (non-hydrogen) atoms. The lowest BCUT2D eigenvalue weighted by Crippen LogP contribution is -2.56. The van der Waals surface area contributed by atoms with Crippen molar-refractivity contribution >= 4 is 15.7 Å². The highest BCUT2D eigenvalue weighted by molar-refractivity contribution is 7.91. The summed E-state index contributed by atoms with van der Waals surface area (Å²) in [6.45, 7) is 6.29. The van der Waals surface area contributed by atoms with E-state index in [4.69, 9.17) is 9.47 Å². The van der Waals surface area contributed by atoms with Gasteiger partial charge < -0.3 is 19.7 Å². The third-order valence-electron chi connectivity index (χ3n) is 4.57. The fourth-order valence-corrected chi connectivity index (χ4v) is 4.61. The van der Waals surface area contributed by atoms with Crippen LogP contribution in [0.2, 0.25) is 0 Å². The average Bonchev–Trinajstić information content (AvgIpc) is 2.83. The molecule has 144 valence electrons. The smallest absolute Gasteiger partial charge is 0.223 e. The molecule has 1 saturated heterocycles. The Morgan fingerprint density at radius 3 is 2.50 bits per heavy atom. The normalized spacial score (nSPS) is 23.4. The number of hydrogen-bond donors (Lipinski definition) is 1. The van der Waals surface area contributed by atoms with E-state index in [2.05, 4.69) is 5.32 Å². The zero-order valence-corrected chi connectivity index (χ0v) is 16.0. The number of nitrogens with one attached hydrogen (secondary N) is 1. The van der Waals surface area contributed by atoms with Gasteiger partial charge in [0.2, 0.25) is 5.91 Å². The molecule has 0 aromatic heterocycles. The van der Waals surface area contributed by atoms with Crippen molar-refractivity contribution in [3.63, 3.8) is 0 Å². The van der Waals surface area contributed by atoms with Gasteiger partial charge in [-0.2, -0.15) is 0 Å². The summed E-state index contributed by atoms with van der Waals surface area (Å²) >= 11 is 0. The second-order valence-electron chi connectivity index (χ2n) is 7.00. The minimum Gasteiger partial charge on any atom is -0.490 e. The molecule has 0 saturated carbocycles. The van der Waals surface area contributed by atoms with Crippen LogP contribution in [-0.4, -0.2) is 63.4 Å². The molecule has 2 atom stereocenters. The zero-order valence-electron chi connectivity index (χ0n) is 15.2. The van der Waals surface area contributed by atoms with Crippen LogP contribution in [0.5, 0.6) is 11.5 Å². The molecule has 2 aliphatic heterocycles. The Kier molecular flexibility index (Phi) is 5.72. The first-order valence-corrected chi connectivity index (χ1v) is 10.7. The maximum Gasteiger partial charge on any atom is 0.223 e. The third kappa shape index (κ3) is 4.48. The summed E-state index contributed by atoms with van der Waals surface area (Å²) in [5, 5.41) is 3.36. The summed E-state index contributed by atoms with van der Waals surface area (Å²) < 4.78 is 36.4. The van der Waals surface area contributed by atoms with Crippen LogP contribution in [-0.2, 0) is 14.6 Å². The van der Waals surface area contributed by atoms with Gasteiger partial charge in [-0.1, -0.05) is 0 Å². The number of benzene rings is 1. The summed E-state index contributed by atoms with van der Waals surface area (Å²) in [6, 6.07) is 5.05. The van der Waals surface area contributed by atoms with Crippen molar-refractivity contribution in [1.29, 1.82) is 0 Å². The van der Waals surface area contributed by atoms with Crippen molar-refractivity contribution in [2.24, 2.45) is 0 Å². The molecule has 1 fully saturated rings. The SMILES string of the molecule is CC1CN(C(=O)CCS(=O)(=O)c2ccc3c(c2)OCCCO3)CC(C)N1. The van der Waals surface area contributed by atoms with Gasteiger partial charge in [-0.25, -0.2) is 8.42 Å². The molecule has 1 N–H and O–H groups in total. The lowest BCUT2D eigenvalue weighted by atomic mass is 10.1. The minimum atomic E-state index is -3.57. The van der Waals surface area contributed by atoms with Crippen molar-refractivity contribution in [1.82, 2.24) is 10.2 Å². The quantitative estimate of drug-likeness (QED) is 0.843. The Hall–Kier alpha value is -1.80. The molecular formula is C18H26N2O5S. The summed E-state index contributed by atoms with van der Waals surface area (Å²) in [5.41, 5.74) is 0. The highest BCUT2D eigenvalue weighted by Crippen LogP contribution is 2.32. The first kappa shape index (κ1) is 19.0. The van der Waals surface area contributed by atoms with E-state index >= 15 is 0 Å². The summed E-state index contributed by atoms with van der Waals surface area (Å²) in [7, 11) is -3.57. The summed E-state index contributed by atoms with van der Waals surface area (Å²) in [4.78, 5) is 14.3. The second-order valence-corrected chi connectivity index (χ2v) is 9.10. The molecule has 2 heterocycles. The van der Waals surface area contributed by atoms with Gasteiger partial charge in [0.1, 0.15) is 0 Å². The molecule has 1 aromatic rings. The van der Waals surface area contributed by atoms with Gasteiger partial charge in [0.15, 0.2) is 21.3 Å². The summed E-state index contributed by atoms with van der Waals surface area (Å²) in [5.74, 6) is 0.669. The van der Waals surface area contributed by atoms with Crippen molar-refractivity contribution in [3.05, 3.63) is 18.2 Å². The van der Waals surface area contributed by atoms with Crippen LogP contribution in [0.15, 0.2) is 23.1 Å². The van der Waals surface area contributed by atoms with Gasteiger partial charge in [0, 0.05) is 44.1 Å². The van der Waals surface area contributed by atoms with Crippen molar-refractivity contribution in [3.8, 4) is 11.5 Å². The number of fused-ring (bicyclic) bond motifs is 1. The lowest BCUT2D eigenvalue weighted by molar-refractivity contribution is -0.132. The minimum absolute atomic E-state index is 0.0176. The van der Waals surface area contributed by atoms with Gasteiger partial charge in [-0.3, -0.25) is 4.79 Å². The van der Waals surface area contributed by atoms with Gasteiger partial charge in [0.25, 0.3) is 0 Å². The number of carbonyl (C=O) groups is 1. The number of piperazine rings is 1. The van der Waals surface area contributed by atoms with E-state index < -0.39 is 9.84 Å². The van der Waals surface area contributed by atoms with Crippen molar-refractivity contribution in [2.45, 2.75) is 43.7 Å². The van der Waals surface area contributed by atoms with Crippen molar-refractivity contribution in [2.75, 3.05) is 32.1 Å². The maximum atomic E-state index is 12.6. The van der Waals surface area contributed by atoms with Crippen molar-refractivity contribution < 1.29 is 22.7 Å². The number of carbonyl (C=O) groups excluding carboxylic acids is 1. The first-order chi connectivity index (χ1) is 12.3. The number of nitrogens with zero attached hydrogens (tertiary/aromatic N) is 1. The highest BCUT2D eigenvalue weighted by atomic mass is 32.2. The van der Waals surface area contributed by atoms with Crippen LogP contribution in [0, 0.1) is 0 Å². The molecule has 3 rings (SSSR count). The molecule has 2 unspecified atom stereocenters. The molecule has 0 bridgehead atoms. The lowest BCUT2D eigenvalue weighted by Gasteiger charge is -2.36. The monoisotopic (exact) mass is 382 g/mol. The standard InChI is InChI=1S/C18H26N2O5S/c1-13-11-20(12-14(2)19-13)18(21)6-9-26(22,23)15-4-5-16-17(10-15)25-8-3-7-24-16/h4-5,10,13-14,19H,3,6-9,11-12H2,1-2H3. The molecule has 1 amide bonds. The van der Waals surface area contributed by atoms with Gasteiger partial charge in [-0.05, 0) is 26.0 Å². The molecule has 0 radical (unpaired) electrons. The fraction of sp³-hybridized carbons (Fsp3) is 0.611. The van der Waals surface area contributed by atoms with E-state index in [1.54, 1.807) is 11.0 Å². The van der Waals surface area contributed by atoms with Crippen LogP contribution in [0.4, 0.5) is 0 Å². The largest absolute Gasteiger partial charge is 0.490 e. The van der Waals surface area contributed by atoms with Crippen LogP contribution >= 0.6 is 0 Å². The van der Waals surface area contributed by atoms with E-state index in [0.717, 1.165) is 6.42 Å². The predicted octanol–water partition coefficient (Wildman–Crippen LogP) is 1.22. The maximum absolute atomic E-state index is 12.6. The van der Waals surface area contributed by atoms with E-state index in [1.165, 1.54) is 12.1 Å². The molecule has 2 aliphatic rings. The van der Waals surface area contributed by atoms with E-state index in [9.17, 15) is 13.2 Å². The summed E-state index contributed by atoms with van der Waals surface area (Å²) in [6.07, 6.45) is 0.739.